The lowest BCUT2D eigenvalue weighted by Crippen LogP contribution is -2.47. The van der Waals surface area contributed by atoms with Gasteiger partial charge in [-0.2, -0.15) is 0 Å². The Bertz CT molecular complexity index is 724. The van der Waals surface area contributed by atoms with Crippen LogP contribution >= 0.6 is 0 Å². The van der Waals surface area contributed by atoms with E-state index in [1.165, 1.54) is 23.5 Å². The molecule has 0 atom stereocenters. The van der Waals surface area contributed by atoms with Crippen LogP contribution in [0.1, 0.15) is 15.9 Å². The smallest absolute Gasteiger partial charge is 0.339 e. The molecule has 3 N–H and O–H groups in total. The second-order valence-electron chi connectivity index (χ2n) is 5.76. The first-order chi connectivity index (χ1) is 11.0. The van der Waals surface area contributed by atoms with E-state index in [0.29, 0.717) is 11.5 Å². The van der Waals surface area contributed by atoms with Crippen molar-refractivity contribution in [1.29, 1.82) is 0 Å². The van der Waals surface area contributed by atoms with Crippen LogP contribution in [0, 0.1) is 6.92 Å². The minimum Gasteiger partial charge on any atom is -0.478 e. The van der Waals surface area contributed by atoms with Gasteiger partial charge >= 0.3 is 5.97 Å². The number of nitrogen functional groups attached to an aromatic ring is 1. The Morgan fingerprint density at radius 2 is 1.87 bits per heavy atom. The number of aromatic carboxylic acids is 1. The van der Waals surface area contributed by atoms with Crippen molar-refractivity contribution >= 4 is 23.2 Å². The van der Waals surface area contributed by atoms with Crippen molar-refractivity contribution in [3.05, 3.63) is 47.7 Å². The third kappa shape index (κ3) is 3.21. The molecule has 120 valence electrons. The van der Waals surface area contributed by atoms with Crippen LogP contribution in [0.25, 0.3) is 0 Å². The van der Waals surface area contributed by atoms with Crippen molar-refractivity contribution in [1.82, 2.24) is 4.98 Å². The molecule has 0 amide bonds. The van der Waals surface area contributed by atoms with Crippen molar-refractivity contribution in [2.75, 3.05) is 41.7 Å². The number of aryl methyl sites for hydroxylation is 1. The highest BCUT2D eigenvalue weighted by Gasteiger charge is 2.23. The molecule has 1 saturated heterocycles. The SMILES string of the molecule is Cc1cccc(N2CCN(c3ncc(N)cc3C(=O)O)CC2)c1. The Kier molecular flexibility index (Phi) is 4.06. The summed E-state index contributed by atoms with van der Waals surface area (Å²) in [4.78, 5) is 20.0. The Morgan fingerprint density at radius 3 is 2.52 bits per heavy atom. The zero-order valence-electron chi connectivity index (χ0n) is 13.1. The van der Waals surface area contributed by atoms with E-state index in [4.69, 9.17) is 5.73 Å². The second kappa shape index (κ2) is 6.16. The van der Waals surface area contributed by atoms with E-state index in [2.05, 4.69) is 41.1 Å². The van der Waals surface area contributed by atoms with Crippen molar-refractivity contribution in [2.24, 2.45) is 0 Å². The number of aromatic nitrogens is 1. The fourth-order valence-electron chi connectivity index (χ4n) is 2.88. The van der Waals surface area contributed by atoms with E-state index in [-0.39, 0.29) is 5.56 Å². The molecule has 0 unspecified atom stereocenters. The molecule has 2 heterocycles. The molecule has 23 heavy (non-hydrogen) atoms. The average molecular weight is 312 g/mol. The van der Waals surface area contributed by atoms with Crippen LogP contribution in [0.4, 0.5) is 17.2 Å². The summed E-state index contributed by atoms with van der Waals surface area (Å²) in [6, 6.07) is 9.88. The van der Waals surface area contributed by atoms with Crippen LogP contribution in [0.2, 0.25) is 0 Å². The Morgan fingerprint density at radius 1 is 1.17 bits per heavy atom. The number of carboxylic acids is 1. The van der Waals surface area contributed by atoms with Crippen LogP contribution in [0.3, 0.4) is 0 Å². The Labute approximate surface area is 135 Å². The van der Waals surface area contributed by atoms with Gasteiger partial charge in [-0.05, 0) is 30.7 Å². The number of nitrogens with two attached hydrogens (primary N) is 1. The number of piperazine rings is 1. The third-order valence-corrected chi connectivity index (χ3v) is 4.06. The van der Waals surface area contributed by atoms with Crippen molar-refractivity contribution < 1.29 is 9.90 Å². The largest absolute Gasteiger partial charge is 0.478 e. The number of benzene rings is 1. The lowest BCUT2D eigenvalue weighted by atomic mass is 10.1. The number of hydrogen-bond donors (Lipinski definition) is 2. The molecular weight excluding hydrogens is 292 g/mol. The van der Waals surface area contributed by atoms with Gasteiger partial charge in [0.2, 0.25) is 0 Å². The van der Waals surface area contributed by atoms with Crippen LogP contribution in [0.5, 0.6) is 0 Å². The molecule has 0 saturated carbocycles. The summed E-state index contributed by atoms with van der Waals surface area (Å²) in [6.45, 7) is 5.19. The topological polar surface area (TPSA) is 82.7 Å². The highest BCUT2D eigenvalue weighted by Crippen LogP contribution is 2.24. The third-order valence-electron chi connectivity index (χ3n) is 4.06. The van der Waals surface area contributed by atoms with E-state index in [0.717, 1.165) is 26.2 Å². The molecule has 0 aliphatic carbocycles. The maximum absolute atomic E-state index is 11.4. The first-order valence-corrected chi connectivity index (χ1v) is 7.60. The highest BCUT2D eigenvalue weighted by atomic mass is 16.4. The summed E-state index contributed by atoms with van der Waals surface area (Å²) in [7, 11) is 0. The first kappa shape index (κ1) is 15.1. The predicted octanol–water partition coefficient (Wildman–Crippen LogP) is 2.00. The summed E-state index contributed by atoms with van der Waals surface area (Å²) in [5.74, 6) is -0.503. The lowest BCUT2D eigenvalue weighted by Gasteiger charge is -2.37. The lowest BCUT2D eigenvalue weighted by molar-refractivity contribution is 0.0697. The van der Waals surface area contributed by atoms with Crippen molar-refractivity contribution in [3.63, 3.8) is 0 Å². The molecule has 1 fully saturated rings. The molecule has 0 spiro atoms. The molecule has 6 heteroatoms. The average Bonchev–Trinajstić information content (AvgIpc) is 2.55. The Balaban J connectivity index is 1.76. The van der Waals surface area contributed by atoms with E-state index in [9.17, 15) is 9.90 Å². The molecule has 3 rings (SSSR count). The minimum atomic E-state index is -0.999. The predicted molar refractivity (Wildman–Crippen MR) is 91.2 cm³/mol. The highest BCUT2D eigenvalue weighted by molar-refractivity contribution is 5.94. The van der Waals surface area contributed by atoms with Gasteiger partial charge in [0.05, 0.1) is 11.9 Å². The maximum Gasteiger partial charge on any atom is 0.339 e. The molecule has 2 aromatic rings. The zero-order chi connectivity index (χ0) is 16.4. The second-order valence-corrected chi connectivity index (χ2v) is 5.76. The minimum absolute atomic E-state index is 0.161. The molecular formula is C17H20N4O2. The van der Waals surface area contributed by atoms with E-state index >= 15 is 0 Å². The number of nitrogens with zero attached hydrogens (tertiary/aromatic N) is 3. The summed E-state index contributed by atoms with van der Waals surface area (Å²) in [5.41, 5.74) is 8.62. The van der Waals surface area contributed by atoms with Crippen LogP contribution in [0.15, 0.2) is 36.5 Å². The van der Waals surface area contributed by atoms with Crippen LogP contribution in [-0.2, 0) is 0 Å². The van der Waals surface area contributed by atoms with Gasteiger partial charge in [0, 0.05) is 31.9 Å². The number of carboxylic acid groups (broad SMARTS) is 1. The maximum atomic E-state index is 11.4. The van der Waals surface area contributed by atoms with Gasteiger partial charge in [-0.1, -0.05) is 12.1 Å². The summed E-state index contributed by atoms with van der Waals surface area (Å²) < 4.78 is 0. The summed E-state index contributed by atoms with van der Waals surface area (Å²) in [6.07, 6.45) is 1.51. The monoisotopic (exact) mass is 312 g/mol. The van der Waals surface area contributed by atoms with E-state index in [1.807, 2.05) is 4.90 Å². The number of carbonyl (C=O) groups is 1. The number of hydrogen-bond acceptors (Lipinski definition) is 5. The van der Waals surface area contributed by atoms with Crippen LogP contribution in [-0.4, -0.2) is 42.2 Å². The van der Waals surface area contributed by atoms with Gasteiger partial charge in [-0.3, -0.25) is 0 Å². The number of anilines is 3. The quantitative estimate of drug-likeness (QED) is 0.902. The molecule has 1 aromatic carbocycles. The first-order valence-electron chi connectivity index (χ1n) is 7.60. The van der Waals surface area contributed by atoms with Gasteiger partial charge in [0.15, 0.2) is 0 Å². The van der Waals surface area contributed by atoms with E-state index in [1.54, 1.807) is 0 Å². The molecule has 1 aliphatic rings. The summed E-state index contributed by atoms with van der Waals surface area (Å²) >= 11 is 0. The molecule has 0 bridgehead atoms. The molecule has 1 aliphatic heterocycles. The van der Waals surface area contributed by atoms with Crippen molar-refractivity contribution in [3.8, 4) is 0 Å². The fourth-order valence-corrected chi connectivity index (χ4v) is 2.88. The fraction of sp³-hybridized carbons (Fsp3) is 0.294. The number of rotatable bonds is 3. The van der Waals surface area contributed by atoms with Gasteiger partial charge in [0.25, 0.3) is 0 Å². The van der Waals surface area contributed by atoms with Gasteiger partial charge in [-0.25, -0.2) is 9.78 Å². The standard InChI is InChI=1S/C17H20N4O2/c1-12-3-2-4-14(9-12)20-5-7-21(8-6-20)16-15(17(22)23)10-13(18)11-19-16/h2-4,9-11H,5-8,18H2,1H3,(H,22,23). The Hall–Kier alpha value is -2.76. The molecule has 0 radical (unpaired) electrons. The van der Waals surface area contributed by atoms with Crippen LogP contribution < -0.4 is 15.5 Å². The normalized spacial score (nSPS) is 14.8. The van der Waals surface area contributed by atoms with E-state index < -0.39 is 5.97 Å². The molecule has 6 nitrogen and oxygen atoms in total. The zero-order valence-corrected chi connectivity index (χ0v) is 13.1. The summed E-state index contributed by atoms with van der Waals surface area (Å²) in [5, 5.41) is 9.35. The molecule has 1 aromatic heterocycles. The van der Waals surface area contributed by atoms with Gasteiger partial charge in [-0.15, -0.1) is 0 Å². The van der Waals surface area contributed by atoms with Crippen molar-refractivity contribution in [2.45, 2.75) is 6.92 Å². The van der Waals surface area contributed by atoms with Gasteiger partial charge < -0.3 is 20.6 Å². The van der Waals surface area contributed by atoms with Gasteiger partial charge in [0.1, 0.15) is 11.4 Å². The number of pyridine rings is 1.